The molecule has 2 rings (SSSR count). The summed E-state index contributed by atoms with van der Waals surface area (Å²) in [6.07, 6.45) is 0. The van der Waals surface area contributed by atoms with Gasteiger partial charge >= 0.3 is 0 Å². The molecule has 0 amide bonds. The highest BCUT2D eigenvalue weighted by Crippen LogP contribution is 2.20. The van der Waals surface area contributed by atoms with Crippen LogP contribution in [0.25, 0.3) is 0 Å². The van der Waals surface area contributed by atoms with Crippen LogP contribution in [0, 0.1) is 0 Å². The number of nitrogens with zero attached hydrogens (tertiary/aromatic N) is 2. The maximum absolute atomic E-state index is 5.51. The third-order valence-corrected chi connectivity index (χ3v) is 4.43. The molecule has 21 heavy (non-hydrogen) atoms. The Labute approximate surface area is 129 Å². The summed E-state index contributed by atoms with van der Waals surface area (Å²) in [5.74, 6) is 0.948. The monoisotopic (exact) mass is 291 g/mol. The Morgan fingerprint density at radius 3 is 2.57 bits per heavy atom. The quantitative estimate of drug-likeness (QED) is 0.867. The molecule has 0 radical (unpaired) electrons. The Morgan fingerprint density at radius 1 is 1.29 bits per heavy atom. The van der Waals surface area contributed by atoms with E-state index in [-0.39, 0.29) is 0 Å². The van der Waals surface area contributed by atoms with Gasteiger partial charge in [-0.2, -0.15) is 0 Å². The van der Waals surface area contributed by atoms with E-state index in [0.717, 1.165) is 31.9 Å². The molecule has 2 atom stereocenters. The highest BCUT2D eigenvalue weighted by molar-refractivity contribution is 5.29. The first kappa shape index (κ1) is 16.3. The summed E-state index contributed by atoms with van der Waals surface area (Å²) in [7, 11) is 4.25. The Kier molecular flexibility index (Phi) is 6.03. The van der Waals surface area contributed by atoms with Gasteiger partial charge < -0.3 is 15.0 Å². The van der Waals surface area contributed by atoms with Gasteiger partial charge in [0.2, 0.25) is 0 Å². The average molecular weight is 291 g/mol. The minimum Gasteiger partial charge on any atom is -0.494 e. The van der Waals surface area contributed by atoms with Crippen LogP contribution in [0.5, 0.6) is 5.75 Å². The third-order valence-electron chi connectivity index (χ3n) is 4.43. The molecule has 1 heterocycles. The minimum absolute atomic E-state index is 0.372. The van der Waals surface area contributed by atoms with Gasteiger partial charge in [0, 0.05) is 38.3 Å². The molecule has 1 aliphatic heterocycles. The van der Waals surface area contributed by atoms with E-state index in [1.807, 2.05) is 14.0 Å². The Morgan fingerprint density at radius 2 is 2.00 bits per heavy atom. The summed E-state index contributed by atoms with van der Waals surface area (Å²) < 4.78 is 5.51. The number of likely N-dealkylation sites (N-methyl/N-ethyl adjacent to an activating group) is 2. The number of hydrogen-bond donors (Lipinski definition) is 1. The summed E-state index contributed by atoms with van der Waals surface area (Å²) in [6.45, 7) is 9.54. The first-order valence-electron chi connectivity index (χ1n) is 7.96. The van der Waals surface area contributed by atoms with E-state index in [9.17, 15) is 0 Å². The van der Waals surface area contributed by atoms with Gasteiger partial charge in [0.15, 0.2) is 0 Å². The summed E-state index contributed by atoms with van der Waals surface area (Å²) in [5.41, 5.74) is 1.33. The fourth-order valence-corrected chi connectivity index (χ4v) is 2.87. The van der Waals surface area contributed by atoms with Crippen molar-refractivity contribution in [1.29, 1.82) is 0 Å². The SMILES string of the molecule is CCOc1ccc(C(CN2CCN(C)C(C)C2)NC)cc1. The molecule has 1 N–H and O–H groups in total. The molecule has 1 aromatic rings. The molecule has 1 aliphatic rings. The van der Waals surface area contributed by atoms with Crippen molar-refractivity contribution >= 4 is 0 Å². The Bertz CT molecular complexity index is 421. The normalized spacial score (nSPS) is 22.2. The average Bonchev–Trinajstić information content (AvgIpc) is 2.50. The summed E-state index contributed by atoms with van der Waals surface area (Å²) in [4.78, 5) is 4.99. The lowest BCUT2D eigenvalue weighted by atomic mass is 10.1. The van der Waals surface area contributed by atoms with E-state index < -0.39 is 0 Å². The fraction of sp³-hybridized carbons (Fsp3) is 0.647. The highest BCUT2D eigenvalue weighted by Gasteiger charge is 2.23. The molecule has 1 aromatic carbocycles. The lowest BCUT2D eigenvalue weighted by Crippen LogP contribution is -2.51. The lowest BCUT2D eigenvalue weighted by molar-refractivity contribution is 0.0977. The second-order valence-electron chi connectivity index (χ2n) is 5.93. The van der Waals surface area contributed by atoms with E-state index in [1.54, 1.807) is 0 Å². The maximum atomic E-state index is 5.51. The van der Waals surface area contributed by atoms with Crippen LogP contribution < -0.4 is 10.1 Å². The second-order valence-corrected chi connectivity index (χ2v) is 5.93. The van der Waals surface area contributed by atoms with E-state index in [4.69, 9.17) is 4.74 Å². The molecule has 0 aromatic heterocycles. The topological polar surface area (TPSA) is 27.7 Å². The molecule has 0 spiro atoms. The number of ether oxygens (including phenoxy) is 1. The van der Waals surface area contributed by atoms with Gasteiger partial charge in [0.1, 0.15) is 5.75 Å². The molecular weight excluding hydrogens is 262 g/mol. The van der Waals surface area contributed by atoms with Crippen molar-refractivity contribution in [3.05, 3.63) is 29.8 Å². The molecule has 0 bridgehead atoms. The van der Waals surface area contributed by atoms with Gasteiger partial charge in [-0.3, -0.25) is 4.90 Å². The summed E-state index contributed by atoms with van der Waals surface area (Å²) in [5, 5.41) is 3.45. The second kappa shape index (κ2) is 7.78. The summed E-state index contributed by atoms with van der Waals surface area (Å²) >= 11 is 0. The number of hydrogen-bond acceptors (Lipinski definition) is 4. The van der Waals surface area contributed by atoms with Gasteiger partial charge in [-0.15, -0.1) is 0 Å². The molecule has 4 nitrogen and oxygen atoms in total. The number of nitrogens with one attached hydrogen (secondary N) is 1. The molecular formula is C17H29N3O. The fourth-order valence-electron chi connectivity index (χ4n) is 2.87. The van der Waals surface area contributed by atoms with Crippen molar-refractivity contribution < 1.29 is 4.74 Å². The predicted octanol–water partition coefficient (Wildman–Crippen LogP) is 1.98. The van der Waals surface area contributed by atoms with Crippen molar-refractivity contribution in [2.75, 3.05) is 46.9 Å². The predicted molar refractivity (Wildman–Crippen MR) is 87.9 cm³/mol. The van der Waals surface area contributed by atoms with E-state index in [1.165, 1.54) is 5.56 Å². The zero-order chi connectivity index (χ0) is 15.2. The van der Waals surface area contributed by atoms with Crippen molar-refractivity contribution in [3.8, 4) is 5.75 Å². The number of piperazine rings is 1. The molecule has 2 unspecified atom stereocenters. The first-order chi connectivity index (χ1) is 10.1. The molecule has 4 heteroatoms. The van der Waals surface area contributed by atoms with Crippen LogP contribution in [0.2, 0.25) is 0 Å². The van der Waals surface area contributed by atoms with Crippen LogP contribution in [0.3, 0.4) is 0 Å². The largest absolute Gasteiger partial charge is 0.494 e. The first-order valence-corrected chi connectivity index (χ1v) is 7.96. The number of benzene rings is 1. The van der Waals surface area contributed by atoms with Crippen molar-refractivity contribution in [1.82, 2.24) is 15.1 Å². The third kappa shape index (κ3) is 4.43. The Balaban J connectivity index is 1.96. The Hall–Kier alpha value is -1.10. The van der Waals surface area contributed by atoms with Crippen LogP contribution in [-0.2, 0) is 0 Å². The molecule has 118 valence electrons. The van der Waals surface area contributed by atoms with Gasteiger partial charge in [-0.25, -0.2) is 0 Å². The lowest BCUT2D eigenvalue weighted by Gasteiger charge is -2.39. The molecule has 0 saturated carbocycles. The van der Waals surface area contributed by atoms with E-state index >= 15 is 0 Å². The van der Waals surface area contributed by atoms with Crippen LogP contribution >= 0.6 is 0 Å². The zero-order valence-corrected chi connectivity index (χ0v) is 13.8. The van der Waals surface area contributed by atoms with Gasteiger partial charge in [-0.05, 0) is 45.6 Å². The van der Waals surface area contributed by atoms with Crippen LogP contribution in [0.4, 0.5) is 0 Å². The minimum atomic E-state index is 0.372. The standard InChI is InChI=1S/C17H29N3O/c1-5-21-16-8-6-15(7-9-16)17(18-3)13-20-11-10-19(4)14(2)12-20/h6-9,14,17-18H,5,10-13H2,1-4H3. The van der Waals surface area contributed by atoms with Gasteiger partial charge in [-0.1, -0.05) is 12.1 Å². The molecule has 1 saturated heterocycles. The van der Waals surface area contributed by atoms with E-state index in [2.05, 4.69) is 53.4 Å². The molecule has 1 fully saturated rings. The van der Waals surface area contributed by atoms with E-state index in [0.29, 0.717) is 18.7 Å². The maximum Gasteiger partial charge on any atom is 0.119 e. The smallest absolute Gasteiger partial charge is 0.119 e. The van der Waals surface area contributed by atoms with Crippen LogP contribution in [0.15, 0.2) is 24.3 Å². The van der Waals surface area contributed by atoms with Gasteiger partial charge in [0.25, 0.3) is 0 Å². The van der Waals surface area contributed by atoms with Crippen LogP contribution in [0.1, 0.15) is 25.5 Å². The highest BCUT2D eigenvalue weighted by atomic mass is 16.5. The van der Waals surface area contributed by atoms with Crippen molar-refractivity contribution in [2.45, 2.75) is 25.9 Å². The molecule has 0 aliphatic carbocycles. The van der Waals surface area contributed by atoms with Crippen LogP contribution in [-0.4, -0.2) is 62.7 Å². The summed E-state index contributed by atoms with van der Waals surface area (Å²) in [6, 6.07) is 9.48. The number of rotatable bonds is 6. The van der Waals surface area contributed by atoms with Gasteiger partial charge in [0.05, 0.1) is 6.61 Å². The zero-order valence-electron chi connectivity index (χ0n) is 13.8. The van der Waals surface area contributed by atoms with Crippen molar-refractivity contribution in [2.24, 2.45) is 0 Å². The van der Waals surface area contributed by atoms with Crippen molar-refractivity contribution in [3.63, 3.8) is 0 Å².